The van der Waals surface area contributed by atoms with Crippen LogP contribution in [0.5, 0.6) is 0 Å². The van der Waals surface area contributed by atoms with Gasteiger partial charge in [0, 0.05) is 43.8 Å². The molecule has 60 heavy (non-hydrogen) atoms. The summed E-state index contributed by atoms with van der Waals surface area (Å²) in [6.45, 7) is 4.71. The Morgan fingerprint density at radius 3 is 1.78 bits per heavy atom. The van der Waals surface area contributed by atoms with Crippen LogP contribution < -0.4 is 4.90 Å². The van der Waals surface area contributed by atoms with Gasteiger partial charge in [-0.25, -0.2) is 0 Å². The van der Waals surface area contributed by atoms with E-state index in [0.717, 1.165) is 83.2 Å². The van der Waals surface area contributed by atoms with Crippen LogP contribution in [0.4, 0.5) is 17.1 Å². The predicted molar refractivity (Wildman–Crippen MR) is 250 cm³/mol. The highest BCUT2D eigenvalue weighted by molar-refractivity contribution is 6.17. The molecule has 0 bridgehead atoms. The van der Waals surface area contributed by atoms with Crippen LogP contribution in [0, 0.1) is 0 Å². The number of hydrogen-bond acceptors (Lipinski definition) is 3. The molecular formula is C57H39NO2. The first-order valence-electron chi connectivity index (χ1n) is 20.7. The van der Waals surface area contributed by atoms with Gasteiger partial charge in [0.15, 0.2) is 0 Å². The van der Waals surface area contributed by atoms with Gasteiger partial charge in [-0.3, -0.25) is 0 Å². The fraction of sp³-hybridized carbons (Fsp3) is 0.0526. The minimum absolute atomic E-state index is 0.179. The summed E-state index contributed by atoms with van der Waals surface area (Å²) < 4.78 is 12.9. The van der Waals surface area contributed by atoms with E-state index in [1.807, 2.05) is 18.2 Å². The van der Waals surface area contributed by atoms with E-state index < -0.39 is 0 Å². The van der Waals surface area contributed by atoms with Gasteiger partial charge in [-0.15, -0.1) is 0 Å². The molecule has 2 aromatic heterocycles. The topological polar surface area (TPSA) is 29.5 Å². The minimum Gasteiger partial charge on any atom is -0.456 e. The maximum Gasteiger partial charge on any atom is 0.136 e. The van der Waals surface area contributed by atoms with Crippen molar-refractivity contribution in [1.82, 2.24) is 0 Å². The smallest absolute Gasteiger partial charge is 0.136 e. The number of benzene rings is 9. The Morgan fingerprint density at radius 2 is 0.950 bits per heavy atom. The quantitative estimate of drug-likeness (QED) is 0.169. The fourth-order valence-corrected chi connectivity index (χ4v) is 9.79. The minimum atomic E-state index is -0.179. The van der Waals surface area contributed by atoms with Gasteiger partial charge in [0.25, 0.3) is 0 Å². The summed E-state index contributed by atoms with van der Waals surface area (Å²) in [6.07, 6.45) is 0. The molecule has 0 unspecified atom stereocenters. The molecule has 12 rings (SSSR count). The number of furan rings is 2. The summed E-state index contributed by atoms with van der Waals surface area (Å²) in [5, 5.41) is 4.40. The summed E-state index contributed by atoms with van der Waals surface area (Å²) >= 11 is 0. The molecule has 1 aliphatic carbocycles. The summed E-state index contributed by atoms with van der Waals surface area (Å²) in [5.41, 5.74) is 18.7. The second-order valence-electron chi connectivity index (χ2n) is 16.4. The van der Waals surface area contributed by atoms with E-state index in [4.69, 9.17) is 8.83 Å². The molecule has 0 saturated heterocycles. The van der Waals surface area contributed by atoms with Crippen molar-refractivity contribution in [2.24, 2.45) is 0 Å². The number of nitrogens with zero attached hydrogens (tertiary/aromatic N) is 1. The Labute approximate surface area is 348 Å². The second kappa shape index (κ2) is 13.2. The van der Waals surface area contributed by atoms with Crippen LogP contribution in [0.3, 0.4) is 0 Å². The number of fused-ring (bicyclic) bond motifs is 9. The molecule has 0 atom stereocenters. The zero-order valence-corrected chi connectivity index (χ0v) is 33.3. The lowest BCUT2D eigenvalue weighted by Gasteiger charge is -2.31. The first-order valence-corrected chi connectivity index (χ1v) is 20.7. The molecule has 3 nitrogen and oxygen atoms in total. The molecule has 284 valence electrons. The number of para-hydroxylation sites is 3. The zero-order chi connectivity index (χ0) is 40.0. The third kappa shape index (κ3) is 5.22. The molecule has 1 aliphatic rings. The van der Waals surface area contributed by atoms with Crippen LogP contribution in [0.2, 0.25) is 0 Å². The molecule has 0 spiro atoms. The summed E-state index contributed by atoms with van der Waals surface area (Å²) in [6, 6.07) is 72.1. The summed E-state index contributed by atoms with van der Waals surface area (Å²) in [4.78, 5) is 2.48. The van der Waals surface area contributed by atoms with E-state index >= 15 is 0 Å². The second-order valence-corrected chi connectivity index (χ2v) is 16.4. The lowest BCUT2D eigenvalue weighted by molar-refractivity contribution is 0.660. The van der Waals surface area contributed by atoms with Crippen LogP contribution >= 0.6 is 0 Å². The van der Waals surface area contributed by atoms with Crippen molar-refractivity contribution < 1.29 is 8.83 Å². The van der Waals surface area contributed by atoms with Crippen molar-refractivity contribution in [3.05, 3.63) is 211 Å². The highest BCUT2D eigenvalue weighted by Gasteiger charge is 2.36. The standard InChI is InChI=1S/C57H39NO2/c1-57(2)47-20-10-6-17-42(47)43-30-29-40(35-48(43)57)58(49-21-11-7-16-41(49)39-28-32-53-46(34-39)44-18-8-12-22-51(44)59-53)50-31-33-54-56(45-19-9-13-23-52(45)60-54)55(50)38-26-24-37(25-27-38)36-14-4-3-5-15-36/h3-35H,1-2H3. The third-order valence-electron chi connectivity index (χ3n) is 12.7. The van der Waals surface area contributed by atoms with E-state index in [2.05, 4.69) is 201 Å². The predicted octanol–water partition coefficient (Wildman–Crippen LogP) is 16.3. The average Bonchev–Trinajstić information content (AvgIpc) is 3.94. The van der Waals surface area contributed by atoms with E-state index in [1.165, 1.54) is 33.4 Å². The molecule has 0 amide bonds. The van der Waals surface area contributed by atoms with E-state index in [9.17, 15) is 0 Å². The van der Waals surface area contributed by atoms with Gasteiger partial charge >= 0.3 is 0 Å². The SMILES string of the molecule is CC1(C)c2ccccc2-c2ccc(N(c3ccccc3-c3ccc4oc5ccccc5c4c3)c3ccc4oc5ccccc5c4c3-c3ccc(-c4ccccc4)cc3)cc21. The van der Waals surface area contributed by atoms with Gasteiger partial charge in [-0.2, -0.15) is 0 Å². The largest absolute Gasteiger partial charge is 0.456 e. The van der Waals surface area contributed by atoms with E-state index in [-0.39, 0.29) is 5.41 Å². The normalized spacial score (nSPS) is 13.0. The molecule has 2 heterocycles. The van der Waals surface area contributed by atoms with Crippen LogP contribution in [-0.4, -0.2) is 0 Å². The van der Waals surface area contributed by atoms with Crippen molar-refractivity contribution in [2.45, 2.75) is 19.3 Å². The molecule has 0 saturated carbocycles. The number of rotatable bonds is 6. The highest BCUT2D eigenvalue weighted by atomic mass is 16.3. The summed E-state index contributed by atoms with van der Waals surface area (Å²) in [5.74, 6) is 0. The van der Waals surface area contributed by atoms with Gasteiger partial charge in [-0.05, 0) is 99.1 Å². The van der Waals surface area contributed by atoms with Crippen LogP contribution in [0.15, 0.2) is 209 Å². The molecule has 11 aromatic rings. The van der Waals surface area contributed by atoms with Gasteiger partial charge < -0.3 is 13.7 Å². The highest BCUT2D eigenvalue weighted by Crippen LogP contribution is 2.53. The molecular weight excluding hydrogens is 731 g/mol. The maximum atomic E-state index is 6.61. The van der Waals surface area contributed by atoms with Gasteiger partial charge in [0.2, 0.25) is 0 Å². The molecule has 0 radical (unpaired) electrons. The average molecular weight is 770 g/mol. The van der Waals surface area contributed by atoms with Crippen molar-refractivity contribution in [2.75, 3.05) is 4.90 Å². The van der Waals surface area contributed by atoms with Gasteiger partial charge in [0.1, 0.15) is 22.3 Å². The summed E-state index contributed by atoms with van der Waals surface area (Å²) in [7, 11) is 0. The third-order valence-corrected chi connectivity index (χ3v) is 12.7. The van der Waals surface area contributed by atoms with Gasteiger partial charge in [0.05, 0.1) is 11.4 Å². The molecule has 0 N–H and O–H groups in total. The molecule has 3 heteroatoms. The fourth-order valence-electron chi connectivity index (χ4n) is 9.79. The number of hydrogen-bond donors (Lipinski definition) is 0. The first kappa shape index (κ1) is 34.4. The Morgan fingerprint density at radius 1 is 0.367 bits per heavy atom. The van der Waals surface area contributed by atoms with Crippen LogP contribution in [0.1, 0.15) is 25.0 Å². The Hall–Kier alpha value is -7.62. The zero-order valence-electron chi connectivity index (χ0n) is 33.3. The van der Waals surface area contributed by atoms with Crippen molar-refractivity contribution in [3.8, 4) is 44.5 Å². The number of anilines is 3. The van der Waals surface area contributed by atoms with Crippen LogP contribution in [-0.2, 0) is 5.41 Å². The Balaban J connectivity index is 1.15. The molecule has 0 aliphatic heterocycles. The van der Waals surface area contributed by atoms with E-state index in [1.54, 1.807) is 0 Å². The molecule has 9 aromatic carbocycles. The van der Waals surface area contributed by atoms with Crippen molar-refractivity contribution in [3.63, 3.8) is 0 Å². The maximum absolute atomic E-state index is 6.61. The lowest BCUT2D eigenvalue weighted by Crippen LogP contribution is -2.17. The van der Waals surface area contributed by atoms with Gasteiger partial charge in [-0.1, -0.05) is 159 Å². The first-order chi connectivity index (χ1) is 29.5. The van der Waals surface area contributed by atoms with Crippen molar-refractivity contribution in [1.29, 1.82) is 0 Å². The lowest BCUT2D eigenvalue weighted by atomic mass is 9.82. The van der Waals surface area contributed by atoms with Crippen LogP contribution in [0.25, 0.3) is 88.4 Å². The Kier molecular flexibility index (Phi) is 7.58. The van der Waals surface area contributed by atoms with E-state index in [0.29, 0.717) is 0 Å². The molecule has 0 fully saturated rings. The Bertz CT molecular complexity index is 3460. The van der Waals surface area contributed by atoms with Crippen molar-refractivity contribution >= 4 is 60.9 Å². The monoisotopic (exact) mass is 769 g/mol.